The molecule has 1 aromatic heterocycles. The lowest BCUT2D eigenvalue weighted by atomic mass is 10.2. The van der Waals surface area contributed by atoms with E-state index in [1.165, 1.54) is 6.21 Å². The Kier molecular flexibility index (Phi) is 6.72. The molecule has 0 saturated carbocycles. The Morgan fingerprint density at radius 1 is 1.19 bits per heavy atom. The molecule has 2 fully saturated rings. The third-order valence-electron chi connectivity index (χ3n) is 4.74. The van der Waals surface area contributed by atoms with Gasteiger partial charge in [0.1, 0.15) is 13.2 Å². The van der Waals surface area contributed by atoms with Crippen molar-refractivity contribution >= 4 is 23.9 Å². The minimum Gasteiger partial charge on any atom is -0.461 e. The highest BCUT2D eigenvalue weighted by atomic mass is 16.6. The van der Waals surface area contributed by atoms with Crippen molar-refractivity contribution in [2.45, 2.75) is 6.92 Å². The first-order valence-corrected chi connectivity index (χ1v) is 10.2. The summed E-state index contributed by atoms with van der Waals surface area (Å²) in [5, 5.41) is 4.24. The number of hydrazone groups is 1. The molecule has 1 N–H and O–H groups in total. The number of morpholine rings is 1. The SMILES string of the molecule is Cc1cccc(N/N=C/c2nc(OCCN3CCOC3=O)nc(N3CCOCC3)n2)c1. The third-order valence-corrected chi connectivity index (χ3v) is 4.74. The topological polar surface area (TPSA) is 114 Å². The van der Waals surface area contributed by atoms with Crippen LogP contribution in [0.4, 0.5) is 16.4 Å². The van der Waals surface area contributed by atoms with E-state index in [2.05, 4.69) is 25.5 Å². The summed E-state index contributed by atoms with van der Waals surface area (Å²) in [6.45, 7) is 6.20. The van der Waals surface area contributed by atoms with Crippen molar-refractivity contribution < 1.29 is 19.0 Å². The maximum Gasteiger partial charge on any atom is 0.410 e. The summed E-state index contributed by atoms with van der Waals surface area (Å²) in [5.74, 6) is 0.873. The number of benzene rings is 1. The summed E-state index contributed by atoms with van der Waals surface area (Å²) in [6.07, 6.45) is 1.20. The van der Waals surface area contributed by atoms with Crippen LogP contribution in [-0.2, 0) is 9.47 Å². The number of nitrogens with one attached hydrogen (secondary N) is 1. The van der Waals surface area contributed by atoms with Crippen LogP contribution in [0.5, 0.6) is 6.01 Å². The van der Waals surface area contributed by atoms with E-state index < -0.39 is 0 Å². The molecule has 1 amide bonds. The van der Waals surface area contributed by atoms with Crippen LogP contribution in [0.1, 0.15) is 11.4 Å². The lowest BCUT2D eigenvalue weighted by Crippen LogP contribution is -2.37. The fourth-order valence-electron chi connectivity index (χ4n) is 3.14. The minimum absolute atomic E-state index is 0.182. The molecule has 0 bridgehead atoms. The van der Waals surface area contributed by atoms with E-state index in [1.807, 2.05) is 36.1 Å². The molecular weight excluding hydrogens is 402 g/mol. The van der Waals surface area contributed by atoms with Gasteiger partial charge in [-0.2, -0.15) is 20.1 Å². The van der Waals surface area contributed by atoms with Crippen molar-refractivity contribution in [2.75, 3.05) is 62.9 Å². The molecule has 3 heterocycles. The summed E-state index contributed by atoms with van der Waals surface area (Å²) in [5.41, 5.74) is 4.97. The monoisotopic (exact) mass is 427 g/mol. The van der Waals surface area contributed by atoms with Crippen molar-refractivity contribution in [2.24, 2.45) is 5.10 Å². The zero-order chi connectivity index (χ0) is 21.5. The van der Waals surface area contributed by atoms with E-state index in [9.17, 15) is 4.79 Å². The van der Waals surface area contributed by atoms with Crippen LogP contribution in [0.2, 0.25) is 0 Å². The van der Waals surface area contributed by atoms with Crippen LogP contribution in [0.15, 0.2) is 29.4 Å². The number of hydrogen-bond donors (Lipinski definition) is 1. The lowest BCUT2D eigenvalue weighted by molar-refractivity contribution is 0.122. The fraction of sp³-hybridized carbons (Fsp3) is 0.450. The van der Waals surface area contributed by atoms with Gasteiger partial charge < -0.3 is 24.0 Å². The molecule has 4 rings (SSSR count). The van der Waals surface area contributed by atoms with Gasteiger partial charge >= 0.3 is 12.1 Å². The van der Waals surface area contributed by atoms with Gasteiger partial charge in [-0.3, -0.25) is 5.43 Å². The highest BCUT2D eigenvalue weighted by Gasteiger charge is 2.22. The maximum absolute atomic E-state index is 11.6. The van der Waals surface area contributed by atoms with Gasteiger partial charge in [-0.25, -0.2) is 4.79 Å². The molecule has 0 aliphatic carbocycles. The number of ether oxygens (including phenoxy) is 3. The summed E-state index contributed by atoms with van der Waals surface area (Å²) in [4.78, 5) is 28.4. The molecule has 0 spiro atoms. The lowest BCUT2D eigenvalue weighted by Gasteiger charge is -2.26. The van der Waals surface area contributed by atoms with E-state index in [0.29, 0.717) is 57.8 Å². The summed E-state index contributed by atoms with van der Waals surface area (Å²) in [6, 6.07) is 8.06. The Bertz CT molecular complexity index is 933. The fourth-order valence-corrected chi connectivity index (χ4v) is 3.14. The third kappa shape index (κ3) is 5.79. The van der Waals surface area contributed by atoms with Gasteiger partial charge in [0.25, 0.3) is 0 Å². The molecule has 11 nitrogen and oxygen atoms in total. The van der Waals surface area contributed by atoms with Crippen molar-refractivity contribution in [1.82, 2.24) is 19.9 Å². The molecule has 2 aliphatic rings. The molecule has 164 valence electrons. The Balaban J connectivity index is 1.45. The zero-order valence-corrected chi connectivity index (χ0v) is 17.4. The molecule has 2 aliphatic heterocycles. The highest BCUT2D eigenvalue weighted by molar-refractivity contribution is 5.75. The van der Waals surface area contributed by atoms with E-state index in [0.717, 1.165) is 11.3 Å². The van der Waals surface area contributed by atoms with Gasteiger partial charge in [-0.1, -0.05) is 12.1 Å². The van der Waals surface area contributed by atoms with Crippen LogP contribution in [0.25, 0.3) is 0 Å². The first kappa shape index (κ1) is 20.8. The smallest absolute Gasteiger partial charge is 0.410 e. The second-order valence-electron chi connectivity index (χ2n) is 7.06. The number of carbonyl (C=O) groups excluding carboxylic acids is 1. The zero-order valence-electron chi connectivity index (χ0n) is 17.4. The van der Waals surface area contributed by atoms with Gasteiger partial charge in [0.2, 0.25) is 5.95 Å². The minimum atomic E-state index is -0.330. The molecule has 1 aromatic carbocycles. The molecule has 31 heavy (non-hydrogen) atoms. The number of carbonyl (C=O) groups is 1. The Hall–Kier alpha value is -3.47. The van der Waals surface area contributed by atoms with Gasteiger partial charge in [0.05, 0.1) is 38.2 Å². The first-order valence-electron chi connectivity index (χ1n) is 10.2. The Morgan fingerprint density at radius 3 is 2.84 bits per heavy atom. The van der Waals surface area contributed by atoms with Crippen LogP contribution >= 0.6 is 0 Å². The number of cyclic esters (lactones) is 1. The molecular formula is C20H25N7O4. The van der Waals surface area contributed by atoms with Gasteiger partial charge in [-0.15, -0.1) is 0 Å². The number of rotatable bonds is 8. The largest absolute Gasteiger partial charge is 0.461 e. The van der Waals surface area contributed by atoms with Crippen molar-refractivity contribution in [3.8, 4) is 6.01 Å². The molecule has 0 atom stereocenters. The van der Waals surface area contributed by atoms with E-state index in [4.69, 9.17) is 14.2 Å². The van der Waals surface area contributed by atoms with Crippen LogP contribution < -0.4 is 15.1 Å². The molecule has 2 saturated heterocycles. The van der Waals surface area contributed by atoms with Gasteiger partial charge in [-0.05, 0) is 24.6 Å². The normalized spacial score (nSPS) is 16.6. The predicted octanol–water partition coefficient (Wildman–Crippen LogP) is 1.29. The first-order chi connectivity index (χ1) is 15.2. The van der Waals surface area contributed by atoms with E-state index in [1.54, 1.807) is 4.90 Å². The summed E-state index contributed by atoms with van der Waals surface area (Å²) >= 11 is 0. The summed E-state index contributed by atoms with van der Waals surface area (Å²) in [7, 11) is 0. The quantitative estimate of drug-likeness (QED) is 0.492. The highest BCUT2D eigenvalue weighted by Crippen LogP contribution is 2.14. The van der Waals surface area contributed by atoms with Crippen molar-refractivity contribution in [3.63, 3.8) is 0 Å². The van der Waals surface area contributed by atoms with Crippen LogP contribution in [0.3, 0.4) is 0 Å². The van der Waals surface area contributed by atoms with Gasteiger partial charge in [0, 0.05) is 13.1 Å². The van der Waals surface area contributed by atoms with Crippen LogP contribution in [-0.4, -0.2) is 84.8 Å². The number of aromatic nitrogens is 3. The van der Waals surface area contributed by atoms with E-state index in [-0.39, 0.29) is 18.7 Å². The molecule has 11 heteroatoms. The summed E-state index contributed by atoms with van der Waals surface area (Å²) < 4.78 is 16.0. The standard InChI is InChI=1S/C20H25N7O4/c1-15-3-2-4-16(13-15)25-21-14-17-22-18(26-5-9-29-10-6-26)24-19(23-17)30-11-7-27-8-12-31-20(27)28/h2-4,13-14,25H,5-12H2,1H3/b21-14+. The number of hydrogen-bond acceptors (Lipinski definition) is 10. The maximum atomic E-state index is 11.6. The average molecular weight is 427 g/mol. The Morgan fingerprint density at radius 2 is 2.06 bits per heavy atom. The second-order valence-corrected chi connectivity index (χ2v) is 7.06. The number of nitrogens with zero attached hydrogens (tertiary/aromatic N) is 6. The number of amides is 1. The second kappa shape index (κ2) is 10.0. The van der Waals surface area contributed by atoms with Crippen molar-refractivity contribution in [1.29, 1.82) is 0 Å². The van der Waals surface area contributed by atoms with Gasteiger partial charge in [0.15, 0.2) is 5.82 Å². The van der Waals surface area contributed by atoms with E-state index >= 15 is 0 Å². The van der Waals surface area contributed by atoms with Crippen molar-refractivity contribution in [3.05, 3.63) is 35.7 Å². The average Bonchev–Trinajstić information content (AvgIpc) is 3.19. The number of anilines is 2. The molecule has 0 radical (unpaired) electrons. The van der Waals surface area contributed by atoms with Crippen LogP contribution in [0, 0.1) is 6.92 Å². The predicted molar refractivity (Wildman–Crippen MR) is 114 cm³/mol. The molecule has 2 aromatic rings. The number of aryl methyl sites for hydroxylation is 1. The Labute approximate surface area is 180 Å². The molecule has 0 unspecified atom stereocenters.